The number of carbonyl (C=O) groups is 1. The highest BCUT2D eigenvalue weighted by molar-refractivity contribution is 7.89. The quantitative estimate of drug-likeness (QED) is 0.823. The maximum Gasteiger partial charge on any atom is 0.339 e. The zero-order valence-electron chi connectivity index (χ0n) is 13.2. The van der Waals surface area contributed by atoms with Crippen molar-refractivity contribution in [2.75, 3.05) is 13.7 Å². The number of rotatable bonds is 4. The number of hydrogen-bond donors (Lipinski definition) is 1. The number of sulfonamides is 1. The molecule has 0 saturated heterocycles. The molecule has 0 atom stereocenters. The first kappa shape index (κ1) is 17.5. The van der Waals surface area contributed by atoms with Crippen molar-refractivity contribution in [3.8, 4) is 5.75 Å². The van der Waals surface area contributed by atoms with Gasteiger partial charge in [0.25, 0.3) is 0 Å². The third-order valence-electron chi connectivity index (χ3n) is 3.83. The van der Waals surface area contributed by atoms with E-state index in [0.29, 0.717) is 33.0 Å². The highest BCUT2D eigenvalue weighted by Crippen LogP contribution is 2.36. The topological polar surface area (TPSA) is 95.7 Å². The molecule has 0 spiro atoms. The van der Waals surface area contributed by atoms with E-state index in [2.05, 4.69) is 0 Å². The molecule has 25 heavy (non-hydrogen) atoms. The van der Waals surface area contributed by atoms with Crippen LogP contribution >= 0.6 is 11.6 Å². The molecule has 130 valence electrons. The average Bonchev–Trinajstić information content (AvgIpc) is 2.95. The van der Waals surface area contributed by atoms with E-state index in [1.807, 2.05) is 0 Å². The third-order valence-corrected chi connectivity index (χ3v) is 5.05. The summed E-state index contributed by atoms with van der Waals surface area (Å²) in [6.45, 7) is 0.0898. The van der Waals surface area contributed by atoms with Crippen LogP contribution in [0, 0.1) is 0 Å². The number of primary sulfonamides is 1. The van der Waals surface area contributed by atoms with Gasteiger partial charge in [0.15, 0.2) is 0 Å². The summed E-state index contributed by atoms with van der Waals surface area (Å²) in [5.41, 5.74) is 2.29. The van der Waals surface area contributed by atoms with E-state index >= 15 is 0 Å². The highest BCUT2D eigenvalue weighted by Gasteiger charge is 2.28. The fraction of sp³-hybridized carbons (Fsp3) is 0.118. The van der Waals surface area contributed by atoms with E-state index in [1.165, 1.54) is 19.2 Å². The van der Waals surface area contributed by atoms with E-state index in [4.69, 9.17) is 26.2 Å². The number of benzene rings is 2. The Hall–Kier alpha value is -2.35. The van der Waals surface area contributed by atoms with Gasteiger partial charge in [0.05, 0.1) is 22.6 Å². The van der Waals surface area contributed by atoms with E-state index in [9.17, 15) is 13.2 Å². The molecule has 0 unspecified atom stereocenters. The predicted octanol–water partition coefficient (Wildman–Crippen LogP) is 2.46. The van der Waals surface area contributed by atoms with Crippen molar-refractivity contribution in [2.45, 2.75) is 4.90 Å². The Bertz CT molecular complexity index is 981. The van der Waals surface area contributed by atoms with Crippen LogP contribution in [0.25, 0.3) is 11.1 Å². The highest BCUT2D eigenvalue weighted by atomic mass is 35.5. The molecule has 1 aliphatic heterocycles. The number of halogens is 1. The first-order valence-electron chi connectivity index (χ1n) is 7.18. The molecule has 2 N–H and O–H groups in total. The lowest BCUT2D eigenvalue weighted by Gasteiger charge is -2.08. The van der Waals surface area contributed by atoms with E-state index in [-0.39, 0.29) is 11.5 Å². The molecular formula is C17H14ClNO5S. The van der Waals surface area contributed by atoms with Gasteiger partial charge < -0.3 is 9.47 Å². The normalized spacial score (nSPS) is 14.6. The summed E-state index contributed by atoms with van der Waals surface area (Å²) in [4.78, 5) is 12.2. The zero-order chi connectivity index (χ0) is 18.2. The van der Waals surface area contributed by atoms with Gasteiger partial charge in [-0.1, -0.05) is 29.8 Å². The number of ether oxygens (including phenoxy) is 2. The molecule has 0 aromatic heterocycles. The van der Waals surface area contributed by atoms with Gasteiger partial charge in [0.2, 0.25) is 10.0 Å². The van der Waals surface area contributed by atoms with E-state index < -0.39 is 16.0 Å². The Morgan fingerprint density at radius 3 is 2.32 bits per heavy atom. The minimum Gasteiger partial charge on any atom is -0.495 e. The number of cyclic esters (lactones) is 1. The number of hydrogen-bond acceptors (Lipinski definition) is 5. The molecule has 0 amide bonds. The maximum absolute atomic E-state index is 12.2. The van der Waals surface area contributed by atoms with Crippen molar-refractivity contribution in [3.63, 3.8) is 0 Å². The summed E-state index contributed by atoms with van der Waals surface area (Å²) in [5, 5.41) is 5.47. The third kappa shape index (κ3) is 3.39. The summed E-state index contributed by atoms with van der Waals surface area (Å²) in [5.74, 6) is 0.0307. The molecule has 3 rings (SSSR count). The first-order chi connectivity index (χ1) is 11.8. The summed E-state index contributed by atoms with van der Waals surface area (Å²) in [6.07, 6.45) is 0. The van der Waals surface area contributed by atoms with Crippen molar-refractivity contribution >= 4 is 38.7 Å². The lowest BCUT2D eigenvalue weighted by atomic mass is 9.96. The second-order valence-electron chi connectivity index (χ2n) is 5.35. The molecule has 1 aliphatic rings. The Labute approximate surface area is 149 Å². The molecule has 8 heteroatoms. The number of esters is 1. The fourth-order valence-electron chi connectivity index (χ4n) is 2.59. The Kier molecular flexibility index (Phi) is 4.55. The van der Waals surface area contributed by atoms with Crippen LogP contribution in [0.5, 0.6) is 5.75 Å². The number of nitrogens with two attached hydrogens (primary N) is 1. The van der Waals surface area contributed by atoms with Crippen LogP contribution in [0.4, 0.5) is 0 Å². The zero-order valence-corrected chi connectivity index (χ0v) is 14.7. The predicted molar refractivity (Wildman–Crippen MR) is 93.6 cm³/mol. The Morgan fingerprint density at radius 1 is 1.12 bits per heavy atom. The van der Waals surface area contributed by atoms with Gasteiger partial charge in [0, 0.05) is 5.57 Å². The van der Waals surface area contributed by atoms with Crippen LogP contribution in [0.2, 0.25) is 5.02 Å². The molecule has 0 aliphatic carbocycles. The molecule has 6 nitrogen and oxygen atoms in total. The summed E-state index contributed by atoms with van der Waals surface area (Å²) in [7, 11) is -2.28. The first-order valence-corrected chi connectivity index (χ1v) is 9.11. The van der Waals surface area contributed by atoms with Crippen LogP contribution in [0.1, 0.15) is 11.1 Å². The number of carbonyl (C=O) groups excluding carboxylic acids is 1. The molecule has 2 aromatic rings. The van der Waals surface area contributed by atoms with Crippen molar-refractivity contribution in [1.29, 1.82) is 0 Å². The van der Waals surface area contributed by atoms with Crippen molar-refractivity contribution in [2.24, 2.45) is 5.14 Å². The molecule has 1 heterocycles. The molecule has 0 bridgehead atoms. The van der Waals surface area contributed by atoms with Gasteiger partial charge in [-0.05, 0) is 35.4 Å². The lowest BCUT2D eigenvalue weighted by molar-refractivity contribution is -0.133. The van der Waals surface area contributed by atoms with E-state index in [1.54, 1.807) is 30.3 Å². The number of methoxy groups -OCH3 is 1. The molecule has 0 fully saturated rings. The molecular weight excluding hydrogens is 366 g/mol. The molecule has 0 radical (unpaired) electrons. The SMILES string of the molecule is COc1ccc(C2=C(c3ccc(S(N)(=O)=O)cc3)COC2=O)cc1Cl. The van der Waals surface area contributed by atoms with Crippen LogP contribution in [0.15, 0.2) is 47.4 Å². The van der Waals surface area contributed by atoms with Crippen molar-refractivity contribution < 1.29 is 22.7 Å². The van der Waals surface area contributed by atoms with Gasteiger partial charge >= 0.3 is 5.97 Å². The second-order valence-corrected chi connectivity index (χ2v) is 7.32. The standard InChI is InChI=1S/C17H14ClNO5S/c1-23-15-7-4-11(8-14(15)18)16-13(9-24-17(16)20)10-2-5-12(6-3-10)25(19,21)22/h2-8H,9H2,1H3,(H2,19,21,22). The Morgan fingerprint density at radius 2 is 1.76 bits per heavy atom. The van der Waals surface area contributed by atoms with Crippen LogP contribution in [-0.2, 0) is 19.6 Å². The monoisotopic (exact) mass is 379 g/mol. The van der Waals surface area contributed by atoms with Gasteiger partial charge in [-0.3, -0.25) is 0 Å². The minimum absolute atomic E-state index is 0.00358. The molecule has 0 saturated carbocycles. The second kappa shape index (κ2) is 6.51. The van der Waals surface area contributed by atoms with Crippen LogP contribution in [-0.4, -0.2) is 28.1 Å². The largest absolute Gasteiger partial charge is 0.495 e. The summed E-state index contributed by atoms with van der Waals surface area (Å²) in [6, 6.07) is 11.0. The molecule has 2 aromatic carbocycles. The van der Waals surface area contributed by atoms with Gasteiger partial charge in [-0.15, -0.1) is 0 Å². The van der Waals surface area contributed by atoms with Gasteiger partial charge in [-0.25, -0.2) is 18.4 Å². The maximum atomic E-state index is 12.2. The van der Waals surface area contributed by atoms with Gasteiger partial charge in [-0.2, -0.15) is 0 Å². The Balaban J connectivity index is 2.09. The lowest BCUT2D eigenvalue weighted by Crippen LogP contribution is -2.11. The van der Waals surface area contributed by atoms with Gasteiger partial charge in [0.1, 0.15) is 12.4 Å². The van der Waals surface area contributed by atoms with E-state index in [0.717, 1.165) is 0 Å². The van der Waals surface area contributed by atoms with Crippen molar-refractivity contribution in [3.05, 3.63) is 58.6 Å². The smallest absolute Gasteiger partial charge is 0.339 e. The minimum atomic E-state index is -3.78. The average molecular weight is 380 g/mol. The summed E-state index contributed by atoms with van der Waals surface area (Å²) >= 11 is 6.14. The van der Waals surface area contributed by atoms with Crippen LogP contribution in [0.3, 0.4) is 0 Å². The summed E-state index contributed by atoms with van der Waals surface area (Å²) < 4.78 is 33.0. The fourth-order valence-corrected chi connectivity index (χ4v) is 3.37. The van der Waals surface area contributed by atoms with Crippen LogP contribution < -0.4 is 9.88 Å². The van der Waals surface area contributed by atoms with Crippen molar-refractivity contribution in [1.82, 2.24) is 0 Å².